The van der Waals surface area contributed by atoms with E-state index in [9.17, 15) is 12.8 Å². The second-order valence-electron chi connectivity index (χ2n) is 3.99. The van der Waals surface area contributed by atoms with Crippen molar-refractivity contribution in [1.29, 1.82) is 0 Å². The Morgan fingerprint density at radius 3 is 2.56 bits per heavy atom. The first-order chi connectivity index (χ1) is 8.32. The van der Waals surface area contributed by atoms with E-state index in [0.717, 1.165) is 10.4 Å². The molecule has 0 heterocycles. The maximum Gasteiger partial charge on any atom is 0.246 e. The third kappa shape index (κ3) is 3.00. The summed E-state index contributed by atoms with van der Waals surface area (Å²) in [6.45, 7) is 2.87. The highest BCUT2D eigenvalue weighted by molar-refractivity contribution is 7.89. The van der Waals surface area contributed by atoms with Gasteiger partial charge >= 0.3 is 0 Å². The maximum absolute atomic E-state index is 13.8. The number of aliphatic hydroxyl groups is 1. The zero-order valence-corrected chi connectivity index (χ0v) is 11.7. The molecule has 0 aliphatic carbocycles. The molecule has 1 aromatic rings. The van der Waals surface area contributed by atoms with Crippen molar-refractivity contribution in [3.63, 3.8) is 0 Å². The van der Waals surface area contributed by atoms with Gasteiger partial charge in [0.15, 0.2) is 5.82 Å². The Morgan fingerprint density at radius 1 is 1.44 bits per heavy atom. The number of benzene rings is 1. The number of sulfonamides is 1. The molecule has 0 spiro atoms. The van der Waals surface area contributed by atoms with Gasteiger partial charge in [-0.05, 0) is 26.0 Å². The molecule has 1 aromatic carbocycles. The van der Waals surface area contributed by atoms with Gasteiger partial charge in [0.05, 0.1) is 11.6 Å². The standard InChI is InChI=1S/C11H15ClFNO3S/c1-8(2)14(6-7-15)18(16,17)10-5-3-4-9(12)11(10)13/h3-5,8,15H,6-7H2,1-2H3. The van der Waals surface area contributed by atoms with Crippen LogP contribution in [-0.4, -0.2) is 37.0 Å². The molecule has 18 heavy (non-hydrogen) atoms. The van der Waals surface area contributed by atoms with E-state index in [1.54, 1.807) is 13.8 Å². The van der Waals surface area contributed by atoms with E-state index < -0.39 is 20.7 Å². The van der Waals surface area contributed by atoms with Gasteiger partial charge in [0.25, 0.3) is 0 Å². The van der Waals surface area contributed by atoms with Gasteiger partial charge in [-0.2, -0.15) is 4.31 Å². The highest BCUT2D eigenvalue weighted by atomic mass is 35.5. The van der Waals surface area contributed by atoms with Crippen LogP contribution in [0.5, 0.6) is 0 Å². The van der Waals surface area contributed by atoms with Crippen molar-refractivity contribution in [3.05, 3.63) is 29.0 Å². The fourth-order valence-electron chi connectivity index (χ4n) is 1.56. The van der Waals surface area contributed by atoms with Crippen LogP contribution >= 0.6 is 11.6 Å². The highest BCUT2D eigenvalue weighted by Crippen LogP contribution is 2.25. The minimum Gasteiger partial charge on any atom is -0.395 e. The van der Waals surface area contributed by atoms with Crippen molar-refractivity contribution in [2.45, 2.75) is 24.8 Å². The lowest BCUT2D eigenvalue weighted by Gasteiger charge is -2.25. The molecule has 1 rings (SSSR count). The van der Waals surface area contributed by atoms with Gasteiger partial charge in [0.2, 0.25) is 10.0 Å². The Labute approximate surface area is 111 Å². The van der Waals surface area contributed by atoms with Crippen molar-refractivity contribution in [1.82, 2.24) is 4.31 Å². The van der Waals surface area contributed by atoms with E-state index >= 15 is 0 Å². The third-order valence-electron chi connectivity index (χ3n) is 2.40. The summed E-state index contributed by atoms with van der Waals surface area (Å²) in [5.74, 6) is -0.970. The normalized spacial score (nSPS) is 12.4. The quantitative estimate of drug-likeness (QED) is 0.902. The highest BCUT2D eigenvalue weighted by Gasteiger charge is 2.29. The Bertz CT molecular complexity index is 519. The lowest BCUT2D eigenvalue weighted by molar-refractivity contribution is 0.236. The molecule has 0 atom stereocenters. The summed E-state index contributed by atoms with van der Waals surface area (Å²) in [7, 11) is -4.00. The van der Waals surface area contributed by atoms with E-state index in [0.29, 0.717) is 0 Å². The maximum atomic E-state index is 13.8. The van der Waals surface area contributed by atoms with Crippen molar-refractivity contribution < 1.29 is 17.9 Å². The summed E-state index contributed by atoms with van der Waals surface area (Å²) in [6.07, 6.45) is 0. The molecule has 0 aromatic heterocycles. The van der Waals surface area contributed by atoms with Crippen molar-refractivity contribution in [2.24, 2.45) is 0 Å². The van der Waals surface area contributed by atoms with Crippen LogP contribution in [0.3, 0.4) is 0 Å². The fourth-order valence-corrected chi connectivity index (χ4v) is 3.51. The number of hydrogen-bond donors (Lipinski definition) is 1. The van der Waals surface area contributed by atoms with Crippen LogP contribution in [-0.2, 0) is 10.0 Å². The van der Waals surface area contributed by atoms with Crippen LogP contribution in [0.4, 0.5) is 4.39 Å². The Balaban J connectivity index is 3.31. The third-order valence-corrected chi connectivity index (χ3v) is 4.78. The van der Waals surface area contributed by atoms with Crippen molar-refractivity contribution in [3.8, 4) is 0 Å². The SMILES string of the molecule is CC(C)N(CCO)S(=O)(=O)c1cccc(Cl)c1F. The van der Waals surface area contributed by atoms with Crippen LogP contribution in [0, 0.1) is 5.82 Å². The van der Waals surface area contributed by atoms with Gasteiger partial charge in [-0.3, -0.25) is 0 Å². The number of aliphatic hydroxyl groups excluding tert-OH is 1. The predicted octanol–water partition coefficient (Wildman–Crippen LogP) is 1.87. The lowest BCUT2D eigenvalue weighted by atomic mass is 10.3. The average molecular weight is 296 g/mol. The first-order valence-electron chi connectivity index (χ1n) is 5.39. The van der Waals surface area contributed by atoms with E-state index in [1.165, 1.54) is 12.1 Å². The topological polar surface area (TPSA) is 57.6 Å². The molecule has 0 amide bonds. The second-order valence-corrected chi connectivity index (χ2v) is 6.25. The molecule has 0 saturated heterocycles. The summed E-state index contributed by atoms with van der Waals surface area (Å²) < 4.78 is 39.3. The zero-order valence-electron chi connectivity index (χ0n) is 10.1. The minimum absolute atomic E-state index is 0.0913. The van der Waals surface area contributed by atoms with Gasteiger partial charge in [-0.15, -0.1) is 0 Å². The Morgan fingerprint density at radius 2 is 2.06 bits per heavy atom. The summed E-state index contributed by atoms with van der Waals surface area (Å²) in [5, 5.41) is 8.65. The largest absolute Gasteiger partial charge is 0.395 e. The second kappa shape index (κ2) is 5.97. The van der Waals surface area contributed by atoms with Crippen LogP contribution in [0.25, 0.3) is 0 Å². The Hall–Kier alpha value is -0.690. The van der Waals surface area contributed by atoms with E-state index in [2.05, 4.69) is 0 Å². The van der Waals surface area contributed by atoms with Gasteiger partial charge in [0.1, 0.15) is 4.90 Å². The molecule has 7 heteroatoms. The summed E-state index contributed by atoms with van der Waals surface area (Å²) in [4.78, 5) is -0.475. The fraction of sp³-hybridized carbons (Fsp3) is 0.455. The van der Waals surface area contributed by atoms with Crippen molar-refractivity contribution in [2.75, 3.05) is 13.2 Å². The predicted molar refractivity (Wildman–Crippen MR) is 67.5 cm³/mol. The van der Waals surface area contributed by atoms with Gasteiger partial charge < -0.3 is 5.11 Å². The van der Waals surface area contributed by atoms with Crippen LogP contribution in [0.15, 0.2) is 23.1 Å². The molecule has 1 N–H and O–H groups in total. The van der Waals surface area contributed by atoms with Crippen LogP contribution in [0.1, 0.15) is 13.8 Å². The number of nitrogens with zero attached hydrogens (tertiary/aromatic N) is 1. The minimum atomic E-state index is -4.00. The van der Waals surface area contributed by atoms with Gasteiger partial charge in [0, 0.05) is 12.6 Å². The first kappa shape index (κ1) is 15.4. The molecule has 0 unspecified atom stereocenters. The van der Waals surface area contributed by atoms with Gasteiger partial charge in [-0.25, -0.2) is 12.8 Å². The lowest BCUT2D eigenvalue weighted by Crippen LogP contribution is -2.39. The van der Waals surface area contributed by atoms with E-state index in [-0.39, 0.29) is 24.2 Å². The number of rotatable bonds is 5. The number of halogens is 2. The smallest absolute Gasteiger partial charge is 0.246 e. The zero-order chi connectivity index (χ0) is 13.9. The first-order valence-corrected chi connectivity index (χ1v) is 7.21. The molecule has 4 nitrogen and oxygen atoms in total. The van der Waals surface area contributed by atoms with E-state index in [1.807, 2.05) is 0 Å². The monoisotopic (exact) mass is 295 g/mol. The summed E-state index contributed by atoms with van der Waals surface area (Å²) >= 11 is 5.57. The molecule has 0 saturated carbocycles. The summed E-state index contributed by atoms with van der Waals surface area (Å²) in [6, 6.07) is 3.42. The molecular weight excluding hydrogens is 281 g/mol. The molecule has 0 fully saturated rings. The molecule has 0 aliphatic heterocycles. The Kier molecular flexibility index (Phi) is 5.10. The van der Waals surface area contributed by atoms with Gasteiger partial charge in [-0.1, -0.05) is 17.7 Å². The number of hydrogen-bond acceptors (Lipinski definition) is 3. The molecule has 102 valence electrons. The molecule has 0 bridgehead atoms. The molecule has 0 aliphatic rings. The van der Waals surface area contributed by atoms with E-state index in [4.69, 9.17) is 16.7 Å². The molecular formula is C11H15ClFNO3S. The summed E-state index contributed by atoms with van der Waals surface area (Å²) in [5.41, 5.74) is 0. The van der Waals surface area contributed by atoms with Crippen LogP contribution < -0.4 is 0 Å². The van der Waals surface area contributed by atoms with Crippen molar-refractivity contribution >= 4 is 21.6 Å². The molecule has 0 radical (unpaired) electrons. The van der Waals surface area contributed by atoms with Crippen LogP contribution in [0.2, 0.25) is 5.02 Å². The average Bonchev–Trinajstić information content (AvgIpc) is 2.28.